The number of carbonyl (C=O) groups is 1. The van der Waals surface area contributed by atoms with E-state index in [0.717, 1.165) is 24.2 Å². The predicted octanol–water partition coefficient (Wildman–Crippen LogP) is 2.13. The Morgan fingerprint density at radius 1 is 1.30 bits per heavy atom. The van der Waals surface area contributed by atoms with Gasteiger partial charge in [-0.25, -0.2) is 0 Å². The zero-order chi connectivity index (χ0) is 17.2. The zero-order valence-corrected chi connectivity index (χ0v) is 14.7. The summed E-state index contributed by atoms with van der Waals surface area (Å²) in [4.78, 5) is 11.9. The van der Waals surface area contributed by atoms with Crippen molar-refractivity contribution < 1.29 is 14.6 Å². The number of carbonyl (C=O) groups excluding carboxylic acids is 1. The zero-order valence-electron chi connectivity index (χ0n) is 14.7. The lowest BCUT2D eigenvalue weighted by Crippen LogP contribution is -2.35. The molecule has 0 radical (unpaired) electrons. The molecule has 1 aromatic carbocycles. The van der Waals surface area contributed by atoms with E-state index in [2.05, 4.69) is 17.6 Å². The molecule has 0 saturated carbocycles. The summed E-state index contributed by atoms with van der Waals surface area (Å²) in [6, 6.07) is 5.79. The smallest absolute Gasteiger partial charge is 0.251 e. The molecule has 5 nitrogen and oxygen atoms in total. The molecule has 1 amide bonds. The Labute approximate surface area is 139 Å². The number of hydrogen-bond donors (Lipinski definition) is 3. The van der Waals surface area contributed by atoms with E-state index in [9.17, 15) is 9.90 Å². The summed E-state index contributed by atoms with van der Waals surface area (Å²) >= 11 is 0. The number of amides is 1. The van der Waals surface area contributed by atoms with Gasteiger partial charge in [-0.15, -0.1) is 0 Å². The molecule has 0 spiro atoms. The van der Waals surface area contributed by atoms with Crippen LogP contribution in [0.4, 0.5) is 0 Å². The molecule has 0 unspecified atom stereocenters. The second-order valence-electron chi connectivity index (χ2n) is 5.96. The molecular formula is C18H30N2O3. The van der Waals surface area contributed by atoms with Gasteiger partial charge in [0.15, 0.2) is 0 Å². The molecule has 0 aromatic heterocycles. The topological polar surface area (TPSA) is 70.6 Å². The van der Waals surface area contributed by atoms with Crippen LogP contribution >= 0.6 is 0 Å². The first kappa shape index (κ1) is 19.5. The maximum absolute atomic E-state index is 11.9. The van der Waals surface area contributed by atoms with E-state index in [1.165, 1.54) is 0 Å². The van der Waals surface area contributed by atoms with Crippen LogP contribution in [-0.4, -0.2) is 42.9 Å². The molecule has 3 N–H and O–H groups in total. The Hall–Kier alpha value is -1.59. The maximum atomic E-state index is 11.9. The lowest BCUT2D eigenvalue weighted by Gasteiger charge is -2.17. The summed E-state index contributed by atoms with van der Waals surface area (Å²) in [7, 11) is 0. The van der Waals surface area contributed by atoms with Gasteiger partial charge in [0.1, 0.15) is 18.5 Å². The Morgan fingerprint density at radius 2 is 2.04 bits per heavy atom. The van der Waals surface area contributed by atoms with Crippen molar-refractivity contribution >= 4 is 5.91 Å². The second-order valence-corrected chi connectivity index (χ2v) is 5.96. The highest BCUT2D eigenvalue weighted by molar-refractivity contribution is 5.94. The van der Waals surface area contributed by atoms with Crippen molar-refractivity contribution in [1.82, 2.24) is 10.6 Å². The highest BCUT2D eigenvalue weighted by Gasteiger charge is 2.12. The van der Waals surface area contributed by atoms with Gasteiger partial charge in [-0.1, -0.05) is 27.2 Å². The Morgan fingerprint density at radius 3 is 2.65 bits per heavy atom. The van der Waals surface area contributed by atoms with Crippen LogP contribution in [0.25, 0.3) is 0 Å². The highest BCUT2D eigenvalue weighted by Crippen LogP contribution is 2.22. The first-order valence-corrected chi connectivity index (χ1v) is 8.43. The molecule has 0 fully saturated rings. The number of aliphatic hydroxyl groups excluding tert-OH is 1. The quantitative estimate of drug-likeness (QED) is 0.617. The normalized spacial score (nSPS) is 12.3. The molecule has 0 saturated heterocycles. The molecule has 0 aliphatic heterocycles. The Bertz CT molecular complexity index is 489. The molecule has 130 valence electrons. The molecule has 0 aliphatic carbocycles. The van der Waals surface area contributed by atoms with Crippen molar-refractivity contribution in [2.45, 2.75) is 52.7 Å². The third-order valence-corrected chi connectivity index (χ3v) is 3.37. The van der Waals surface area contributed by atoms with Gasteiger partial charge in [0, 0.05) is 24.7 Å². The number of hydrogen-bond acceptors (Lipinski definition) is 4. The Balaban J connectivity index is 2.71. The number of benzene rings is 1. The molecule has 23 heavy (non-hydrogen) atoms. The van der Waals surface area contributed by atoms with Crippen LogP contribution < -0.4 is 15.4 Å². The van der Waals surface area contributed by atoms with E-state index >= 15 is 0 Å². The van der Waals surface area contributed by atoms with Gasteiger partial charge in [0.05, 0.1) is 0 Å². The van der Waals surface area contributed by atoms with E-state index in [1.807, 2.05) is 32.9 Å². The number of nitrogens with one attached hydrogen (secondary N) is 2. The fourth-order valence-electron chi connectivity index (χ4n) is 2.21. The number of aryl methyl sites for hydroxylation is 1. The fraction of sp³-hybridized carbons (Fsp3) is 0.611. The van der Waals surface area contributed by atoms with Crippen LogP contribution in [0.5, 0.6) is 5.75 Å². The molecule has 1 atom stereocenters. The predicted molar refractivity (Wildman–Crippen MR) is 93.1 cm³/mol. The van der Waals surface area contributed by atoms with Gasteiger partial charge < -0.3 is 20.5 Å². The van der Waals surface area contributed by atoms with Crippen molar-refractivity contribution in [3.63, 3.8) is 0 Å². The van der Waals surface area contributed by atoms with E-state index in [4.69, 9.17) is 4.74 Å². The van der Waals surface area contributed by atoms with Gasteiger partial charge >= 0.3 is 0 Å². The summed E-state index contributed by atoms with van der Waals surface area (Å²) in [6.45, 7) is 9.39. The van der Waals surface area contributed by atoms with Gasteiger partial charge in [-0.2, -0.15) is 0 Å². The molecule has 5 heteroatoms. The fourth-order valence-corrected chi connectivity index (χ4v) is 2.21. The minimum atomic E-state index is -0.560. The first-order chi connectivity index (χ1) is 11.0. The van der Waals surface area contributed by atoms with Crippen molar-refractivity contribution in [3.05, 3.63) is 29.3 Å². The standard InChI is InChI=1S/C18H30N2O3/c1-5-7-14-10-15(18(22)19-6-2)8-9-17(14)23-12-16(21)11-20-13(3)4/h8-10,13,16,20-21H,5-7,11-12H2,1-4H3,(H,19,22)/t16-/m0/s1. The van der Waals surface area contributed by atoms with Crippen molar-refractivity contribution in [2.75, 3.05) is 19.7 Å². The van der Waals surface area contributed by atoms with Gasteiger partial charge in [-0.3, -0.25) is 4.79 Å². The van der Waals surface area contributed by atoms with E-state index in [0.29, 0.717) is 24.7 Å². The average molecular weight is 322 g/mol. The van der Waals surface area contributed by atoms with Gasteiger partial charge in [0.25, 0.3) is 5.91 Å². The largest absolute Gasteiger partial charge is 0.491 e. The third-order valence-electron chi connectivity index (χ3n) is 3.37. The van der Waals surface area contributed by atoms with Crippen LogP contribution in [0, 0.1) is 0 Å². The molecule has 1 rings (SSSR count). The van der Waals surface area contributed by atoms with Crippen molar-refractivity contribution in [1.29, 1.82) is 0 Å². The van der Waals surface area contributed by atoms with Crippen LogP contribution in [0.1, 0.15) is 50.0 Å². The van der Waals surface area contributed by atoms with Crippen LogP contribution in [-0.2, 0) is 6.42 Å². The molecule has 0 aliphatic rings. The summed E-state index contributed by atoms with van der Waals surface area (Å²) in [5, 5.41) is 15.9. The molecule has 1 aromatic rings. The minimum Gasteiger partial charge on any atom is -0.491 e. The minimum absolute atomic E-state index is 0.0717. The second kappa shape index (κ2) is 10.2. The molecule has 0 heterocycles. The first-order valence-electron chi connectivity index (χ1n) is 8.43. The number of aliphatic hydroxyl groups is 1. The molecular weight excluding hydrogens is 292 g/mol. The summed E-state index contributed by atoms with van der Waals surface area (Å²) in [5.41, 5.74) is 1.64. The monoisotopic (exact) mass is 322 g/mol. The van der Waals surface area contributed by atoms with Crippen LogP contribution in [0.3, 0.4) is 0 Å². The highest BCUT2D eigenvalue weighted by atomic mass is 16.5. The third kappa shape index (κ3) is 7.01. The average Bonchev–Trinajstić information content (AvgIpc) is 2.52. The van der Waals surface area contributed by atoms with Crippen LogP contribution in [0.2, 0.25) is 0 Å². The van der Waals surface area contributed by atoms with Gasteiger partial charge in [-0.05, 0) is 37.1 Å². The number of ether oxygens (including phenoxy) is 1. The summed E-state index contributed by atoms with van der Waals surface area (Å²) < 4.78 is 5.76. The maximum Gasteiger partial charge on any atom is 0.251 e. The van der Waals surface area contributed by atoms with Crippen molar-refractivity contribution in [2.24, 2.45) is 0 Å². The number of rotatable bonds is 10. The van der Waals surface area contributed by atoms with E-state index in [-0.39, 0.29) is 12.5 Å². The lowest BCUT2D eigenvalue weighted by molar-refractivity contribution is 0.0954. The summed E-state index contributed by atoms with van der Waals surface area (Å²) in [5.74, 6) is 0.668. The lowest BCUT2D eigenvalue weighted by atomic mass is 10.0. The Kier molecular flexibility index (Phi) is 8.66. The molecule has 0 bridgehead atoms. The SMILES string of the molecule is CCCc1cc(C(=O)NCC)ccc1OC[C@@H](O)CNC(C)C. The van der Waals surface area contributed by atoms with E-state index in [1.54, 1.807) is 6.07 Å². The van der Waals surface area contributed by atoms with E-state index < -0.39 is 6.10 Å². The van der Waals surface area contributed by atoms with Crippen LogP contribution in [0.15, 0.2) is 18.2 Å². The van der Waals surface area contributed by atoms with Crippen molar-refractivity contribution in [3.8, 4) is 5.75 Å². The van der Waals surface area contributed by atoms with Gasteiger partial charge in [0.2, 0.25) is 0 Å². The summed E-state index contributed by atoms with van der Waals surface area (Å²) in [6.07, 6.45) is 1.24.